The van der Waals surface area contributed by atoms with E-state index in [9.17, 15) is 0 Å². The van der Waals surface area contributed by atoms with Gasteiger partial charge in [-0.3, -0.25) is 4.99 Å². The number of benzene rings is 1. The van der Waals surface area contributed by atoms with Crippen molar-refractivity contribution in [2.24, 2.45) is 4.99 Å². The molecule has 0 radical (unpaired) electrons. The van der Waals surface area contributed by atoms with E-state index in [-0.39, 0.29) is 0 Å². The molecule has 0 saturated carbocycles. The number of aliphatic imine (C=N–C) groups is 1. The molecule has 0 saturated heterocycles. The molecule has 2 rings (SSSR count). The second-order valence-electron chi connectivity index (χ2n) is 3.62. The Kier molecular flexibility index (Phi) is 4.83. The van der Waals surface area contributed by atoms with Crippen molar-refractivity contribution < 1.29 is 28.9 Å². The minimum Gasteiger partial charge on any atom is -0.357 e. The van der Waals surface area contributed by atoms with Gasteiger partial charge in [-0.15, -0.1) is 0 Å². The number of halogens is 1. The van der Waals surface area contributed by atoms with E-state index in [4.69, 9.17) is 18.6 Å². The lowest BCUT2D eigenvalue weighted by Gasteiger charge is -2.05. The summed E-state index contributed by atoms with van der Waals surface area (Å²) in [6.07, 6.45) is 2.04. The lowest BCUT2D eigenvalue weighted by Crippen LogP contribution is -2.58. The highest BCUT2D eigenvalue weighted by atomic mass is 35.7. The Morgan fingerprint density at radius 3 is 2.33 bits per heavy atom. The van der Waals surface area contributed by atoms with Crippen LogP contribution in [0.25, 0.3) is 0 Å². The number of nitrogens with one attached hydrogen (secondary N) is 1. The lowest BCUT2D eigenvalue weighted by atomic mass is 10.2. The zero-order valence-electron chi connectivity index (χ0n) is 9.88. The van der Waals surface area contributed by atoms with Crippen LogP contribution in [0.3, 0.4) is 0 Å². The Labute approximate surface area is 107 Å². The number of hydrogen-bond acceptors (Lipinski definition) is 6. The Balaban J connectivity index is 0.000000280. The smallest absolute Gasteiger partial charge is 0.0867 e. The van der Waals surface area contributed by atoms with Crippen LogP contribution in [0.5, 0.6) is 0 Å². The van der Waals surface area contributed by atoms with Crippen LogP contribution >= 0.6 is 0 Å². The van der Waals surface area contributed by atoms with Gasteiger partial charge in [-0.2, -0.15) is 14.0 Å². The van der Waals surface area contributed by atoms with Crippen LogP contribution in [-0.4, -0.2) is 10.4 Å². The van der Waals surface area contributed by atoms with Gasteiger partial charge < -0.3 is 5.32 Å². The first-order valence-corrected chi connectivity index (χ1v) is 6.25. The van der Waals surface area contributed by atoms with Crippen LogP contribution in [0.15, 0.2) is 41.0 Å². The van der Waals surface area contributed by atoms with Gasteiger partial charge in [0.1, 0.15) is 0 Å². The lowest BCUT2D eigenvalue weighted by molar-refractivity contribution is -1.92. The minimum absolute atomic E-state index is 1.01. The molecule has 0 aliphatic carbocycles. The maximum absolute atomic E-state index is 8.60. The van der Waals surface area contributed by atoms with Gasteiger partial charge in [0.25, 0.3) is 0 Å². The number of nitrogens with zero attached hydrogens (tertiary/aromatic N) is 1. The molecule has 1 aliphatic heterocycles. The second-order valence-corrected chi connectivity index (χ2v) is 4.41. The van der Waals surface area contributed by atoms with Crippen molar-refractivity contribution in [3.05, 3.63) is 36.0 Å². The first kappa shape index (κ1) is 14.6. The third kappa shape index (κ3) is 5.76. The maximum atomic E-state index is 8.60. The third-order valence-electron chi connectivity index (χ3n) is 1.96. The molecule has 0 atom stereocenters. The molecule has 0 amide bonds. The van der Waals surface area contributed by atoms with Crippen LogP contribution in [-0.2, 0) is 0 Å². The molecule has 7 heteroatoms. The average Bonchev–Trinajstić information content (AvgIpc) is 2.31. The molecule has 6 nitrogen and oxygen atoms in total. The van der Waals surface area contributed by atoms with Gasteiger partial charge in [0.05, 0.1) is 26.3 Å². The van der Waals surface area contributed by atoms with Gasteiger partial charge >= 0.3 is 0 Å². The predicted octanol–water partition coefficient (Wildman–Crippen LogP) is -1.02. The van der Waals surface area contributed by atoms with Crippen molar-refractivity contribution in [3.8, 4) is 0 Å². The van der Waals surface area contributed by atoms with Crippen LogP contribution in [0.4, 0.5) is 11.4 Å². The molecule has 1 aromatic rings. The Morgan fingerprint density at radius 2 is 1.72 bits per heavy atom. The minimum atomic E-state index is -4.69. The third-order valence-corrected chi connectivity index (χ3v) is 1.96. The van der Waals surface area contributed by atoms with Gasteiger partial charge in [0, 0.05) is 11.4 Å². The summed E-state index contributed by atoms with van der Waals surface area (Å²) < 4.78 is 32.7. The summed E-state index contributed by atoms with van der Waals surface area (Å²) in [6.45, 7) is 4.05. The van der Waals surface area contributed by atoms with Gasteiger partial charge in [0.2, 0.25) is 0 Å². The van der Waals surface area contributed by atoms with Crippen LogP contribution < -0.4 is 19.3 Å². The fourth-order valence-corrected chi connectivity index (χ4v) is 1.46. The number of para-hydroxylation sites is 2. The Bertz CT molecular complexity index is 474. The van der Waals surface area contributed by atoms with E-state index in [1.54, 1.807) is 0 Å². The average molecular weight is 273 g/mol. The number of anilines is 1. The first-order chi connectivity index (χ1) is 8.25. The summed E-state index contributed by atoms with van der Waals surface area (Å²) in [4.78, 5) is 4.47. The van der Waals surface area contributed by atoms with Crippen molar-refractivity contribution in [2.75, 3.05) is 5.32 Å². The molecule has 98 valence electrons. The molecular formula is C11H13ClN2O4. The fourth-order valence-electron chi connectivity index (χ4n) is 1.46. The highest BCUT2D eigenvalue weighted by Gasteiger charge is 2.04. The van der Waals surface area contributed by atoms with Gasteiger partial charge in [-0.05, 0) is 32.1 Å². The first-order valence-electron chi connectivity index (χ1n) is 4.98. The summed E-state index contributed by atoms with van der Waals surface area (Å²) in [6, 6.07) is 8.06. The molecular weight excluding hydrogens is 260 g/mol. The standard InChI is InChI=1S/C11H12N2.ClHO4/c1-8-7-9(2)13-11-6-4-3-5-10(11)12-8;2-1(3,4)5/h3-7,12H,1-2H3;(H,2,3,4,5). The molecule has 2 N–H and O–H groups in total. The SMILES string of the molecule is CC1=CC(C)=Nc2ccccc2N1.[O-][Cl+3]([O-])([O-])O. The molecule has 0 fully saturated rings. The van der Waals surface area contributed by atoms with E-state index in [1.807, 2.05) is 44.2 Å². The summed E-state index contributed by atoms with van der Waals surface area (Å²) >= 11 is 0. The number of allylic oxidation sites excluding steroid dienone is 2. The Hall–Kier alpha value is -1.44. The van der Waals surface area contributed by atoms with E-state index in [0.717, 1.165) is 22.8 Å². The van der Waals surface area contributed by atoms with Crippen molar-refractivity contribution in [1.29, 1.82) is 0 Å². The molecule has 18 heavy (non-hydrogen) atoms. The van der Waals surface area contributed by atoms with E-state index >= 15 is 0 Å². The van der Waals surface area contributed by atoms with E-state index in [0.29, 0.717) is 0 Å². The highest BCUT2D eigenvalue weighted by Crippen LogP contribution is 2.27. The van der Waals surface area contributed by atoms with Crippen molar-refractivity contribution in [1.82, 2.24) is 0 Å². The second kappa shape index (κ2) is 5.94. The molecule has 0 spiro atoms. The van der Waals surface area contributed by atoms with Crippen molar-refractivity contribution in [3.63, 3.8) is 0 Å². The van der Waals surface area contributed by atoms with Crippen LogP contribution in [0.1, 0.15) is 13.8 Å². The predicted molar refractivity (Wildman–Crippen MR) is 58.8 cm³/mol. The summed E-state index contributed by atoms with van der Waals surface area (Å²) in [5, 5.41) is 3.30. The van der Waals surface area contributed by atoms with Crippen LogP contribution in [0, 0.1) is 10.2 Å². The number of rotatable bonds is 0. The zero-order chi connectivity index (χ0) is 13.8. The van der Waals surface area contributed by atoms with Gasteiger partial charge in [0.15, 0.2) is 0 Å². The van der Waals surface area contributed by atoms with Crippen molar-refractivity contribution >= 4 is 17.1 Å². The van der Waals surface area contributed by atoms with Gasteiger partial charge in [-0.1, -0.05) is 12.1 Å². The number of fused-ring (bicyclic) bond motifs is 1. The summed E-state index contributed by atoms with van der Waals surface area (Å²) in [5.74, 6) is 0. The fraction of sp³-hybridized carbons (Fsp3) is 0.182. The molecule has 0 aromatic heterocycles. The molecule has 1 heterocycles. The summed E-state index contributed by atoms with van der Waals surface area (Å²) in [5.41, 5.74) is 4.25. The molecule has 1 aromatic carbocycles. The van der Waals surface area contributed by atoms with Crippen LogP contribution in [0.2, 0.25) is 0 Å². The summed E-state index contributed by atoms with van der Waals surface area (Å²) in [7, 11) is -4.69. The molecule has 0 bridgehead atoms. The van der Waals surface area contributed by atoms with Crippen molar-refractivity contribution in [2.45, 2.75) is 13.8 Å². The normalized spacial score (nSPS) is 14.1. The van der Waals surface area contributed by atoms with E-state index in [1.165, 1.54) is 0 Å². The monoisotopic (exact) mass is 272 g/mol. The highest BCUT2D eigenvalue weighted by molar-refractivity contribution is 5.98. The maximum Gasteiger partial charge on any atom is 0.0867 e. The Morgan fingerprint density at radius 1 is 1.17 bits per heavy atom. The largest absolute Gasteiger partial charge is 0.357 e. The van der Waals surface area contributed by atoms with E-state index < -0.39 is 10.2 Å². The molecule has 1 aliphatic rings. The molecule has 0 unspecified atom stereocenters. The van der Waals surface area contributed by atoms with Gasteiger partial charge in [-0.25, -0.2) is 0 Å². The zero-order valence-corrected chi connectivity index (χ0v) is 10.6. The number of hydrogen-bond donors (Lipinski definition) is 2. The van der Waals surface area contributed by atoms with E-state index in [2.05, 4.69) is 10.3 Å². The topological polar surface area (TPSA) is 114 Å². The quantitative estimate of drug-likeness (QED) is 0.628.